The number of ether oxygens (including phenoxy) is 2. The number of benzene rings is 1. The highest BCUT2D eigenvalue weighted by Gasteiger charge is 2.37. The third-order valence-electron chi connectivity index (χ3n) is 5.07. The lowest BCUT2D eigenvalue weighted by Crippen LogP contribution is -2.55. The molecule has 2 heterocycles. The van der Waals surface area contributed by atoms with E-state index in [2.05, 4.69) is 0 Å². The fraction of sp³-hybridized carbons (Fsp3) is 0.632. The minimum atomic E-state index is -3.85. The molecule has 2 unspecified atom stereocenters. The molecule has 3 rings (SSSR count). The first-order valence-corrected chi connectivity index (χ1v) is 11.2. The normalized spacial score (nSPS) is 26.2. The molecule has 2 fully saturated rings. The van der Waals surface area contributed by atoms with E-state index in [1.165, 1.54) is 16.4 Å². The number of carbonyl (C=O) groups excluding carboxylic acids is 1. The van der Waals surface area contributed by atoms with Gasteiger partial charge in [0, 0.05) is 25.2 Å². The highest BCUT2D eigenvalue weighted by atomic mass is 35.5. The lowest BCUT2D eigenvalue weighted by Gasteiger charge is -2.42. The van der Waals surface area contributed by atoms with Gasteiger partial charge in [0.05, 0.1) is 36.0 Å². The summed E-state index contributed by atoms with van der Waals surface area (Å²) in [5, 5.41) is 0.101. The van der Waals surface area contributed by atoms with Gasteiger partial charge in [0.25, 0.3) is 5.91 Å². The number of hydrogen-bond acceptors (Lipinski definition) is 5. The summed E-state index contributed by atoms with van der Waals surface area (Å²) in [5.74, 6) is -0.231. The summed E-state index contributed by atoms with van der Waals surface area (Å²) >= 11 is 6.24. The summed E-state index contributed by atoms with van der Waals surface area (Å²) in [7, 11) is -3.85. The van der Waals surface area contributed by atoms with Gasteiger partial charge in [-0.1, -0.05) is 11.6 Å². The minimum Gasteiger partial charge on any atom is -0.377 e. The summed E-state index contributed by atoms with van der Waals surface area (Å²) in [6.07, 6.45) is -0.424. The van der Waals surface area contributed by atoms with Gasteiger partial charge in [0.1, 0.15) is 4.90 Å². The van der Waals surface area contributed by atoms with Crippen molar-refractivity contribution in [2.75, 3.05) is 32.8 Å². The van der Waals surface area contributed by atoms with Crippen LogP contribution in [0.3, 0.4) is 0 Å². The number of carbonyl (C=O) groups is 1. The zero-order valence-corrected chi connectivity index (χ0v) is 18.2. The van der Waals surface area contributed by atoms with Crippen LogP contribution in [-0.4, -0.2) is 74.1 Å². The number of sulfonamides is 1. The van der Waals surface area contributed by atoms with Crippen LogP contribution in [0.5, 0.6) is 0 Å². The Hall–Kier alpha value is -1.19. The van der Waals surface area contributed by atoms with Crippen molar-refractivity contribution in [2.45, 2.75) is 50.3 Å². The van der Waals surface area contributed by atoms with Crippen molar-refractivity contribution in [3.8, 4) is 0 Å². The van der Waals surface area contributed by atoms with Crippen LogP contribution in [0.4, 0.5) is 0 Å². The molecule has 1 aromatic rings. The smallest absolute Gasteiger partial charge is 0.254 e. The summed E-state index contributed by atoms with van der Waals surface area (Å²) in [6, 6.07) is 4.43. The third kappa shape index (κ3) is 4.21. The molecule has 2 aliphatic rings. The van der Waals surface area contributed by atoms with E-state index in [0.29, 0.717) is 25.3 Å². The van der Waals surface area contributed by atoms with Gasteiger partial charge >= 0.3 is 0 Å². The molecule has 2 atom stereocenters. The number of amides is 1. The van der Waals surface area contributed by atoms with Gasteiger partial charge in [-0.3, -0.25) is 4.79 Å². The SMILES string of the molecule is CC1CN(S(=O)(=O)c2cc(C(=O)N3CCOCC3(C)C)ccc2Cl)CC(C)O1. The Kier molecular flexibility index (Phi) is 6.08. The van der Waals surface area contributed by atoms with Crippen LogP contribution in [0.25, 0.3) is 0 Å². The molecule has 2 saturated heterocycles. The van der Waals surface area contributed by atoms with Gasteiger partial charge in [0.2, 0.25) is 10.0 Å². The Bertz CT molecular complexity index is 848. The fourth-order valence-corrected chi connectivity index (χ4v) is 5.78. The zero-order valence-electron chi connectivity index (χ0n) is 16.6. The Morgan fingerprint density at radius 1 is 1.21 bits per heavy atom. The van der Waals surface area contributed by atoms with E-state index in [1.807, 2.05) is 27.7 Å². The van der Waals surface area contributed by atoms with Gasteiger partial charge in [0.15, 0.2) is 0 Å². The molecule has 156 valence electrons. The molecule has 0 radical (unpaired) electrons. The van der Waals surface area contributed by atoms with Crippen LogP contribution in [-0.2, 0) is 19.5 Å². The number of rotatable bonds is 3. The minimum absolute atomic E-state index is 0.0487. The van der Waals surface area contributed by atoms with Crippen LogP contribution >= 0.6 is 11.6 Å². The molecule has 2 aliphatic heterocycles. The molecule has 1 amide bonds. The fourth-order valence-electron chi connectivity index (χ4n) is 3.69. The van der Waals surface area contributed by atoms with Crippen molar-refractivity contribution >= 4 is 27.5 Å². The van der Waals surface area contributed by atoms with E-state index in [0.717, 1.165) is 0 Å². The number of morpholine rings is 2. The van der Waals surface area contributed by atoms with Gasteiger partial charge in [-0.25, -0.2) is 8.42 Å². The van der Waals surface area contributed by atoms with Crippen molar-refractivity contribution in [3.05, 3.63) is 28.8 Å². The first kappa shape index (κ1) is 21.5. The third-order valence-corrected chi connectivity index (χ3v) is 7.39. The van der Waals surface area contributed by atoms with Crippen LogP contribution in [0.2, 0.25) is 5.02 Å². The molecule has 28 heavy (non-hydrogen) atoms. The van der Waals surface area contributed by atoms with Crippen molar-refractivity contribution in [1.82, 2.24) is 9.21 Å². The van der Waals surface area contributed by atoms with Gasteiger partial charge in [-0.05, 0) is 45.9 Å². The maximum atomic E-state index is 13.2. The van der Waals surface area contributed by atoms with E-state index in [1.54, 1.807) is 11.0 Å². The lowest BCUT2D eigenvalue weighted by atomic mass is 10.0. The predicted molar refractivity (Wildman–Crippen MR) is 106 cm³/mol. The number of nitrogens with zero attached hydrogens (tertiary/aromatic N) is 2. The Balaban J connectivity index is 1.94. The molecule has 0 saturated carbocycles. The standard InChI is InChI=1S/C19H27ClN2O5S/c1-13-10-21(11-14(2)27-13)28(24,25)17-9-15(5-6-16(17)20)18(23)22-7-8-26-12-19(22,3)4/h5-6,9,13-14H,7-8,10-12H2,1-4H3. The largest absolute Gasteiger partial charge is 0.377 e. The highest BCUT2D eigenvalue weighted by molar-refractivity contribution is 7.89. The predicted octanol–water partition coefficient (Wildman–Crippen LogP) is 2.39. The number of halogens is 1. The van der Waals surface area contributed by atoms with Crippen LogP contribution in [0.1, 0.15) is 38.1 Å². The lowest BCUT2D eigenvalue weighted by molar-refractivity contribution is -0.0441. The highest BCUT2D eigenvalue weighted by Crippen LogP contribution is 2.30. The second kappa shape index (κ2) is 7.91. The first-order chi connectivity index (χ1) is 13.0. The maximum Gasteiger partial charge on any atom is 0.254 e. The number of hydrogen-bond donors (Lipinski definition) is 0. The van der Waals surface area contributed by atoms with E-state index in [-0.39, 0.29) is 41.1 Å². The van der Waals surface area contributed by atoms with E-state index >= 15 is 0 Å². The second-order valence-electron chi connectivity index (χ2n) is 8.05. The van der Waals surface area contributed by atoms with Gasteiger partial charge in [-0.2, -0.15) is 4.31 Å². The molecule has 0 aromatic heterocycles. The molecular formula is C19H27ClN2O5S. The maximum absolute atomic E-state index is 13.2. The summed E-state index contributed by atoms with van der Waals surface area (Å²) < 4.78 is 38.9. The van der Waals surface area contributed by atoms with Crippen molar-refractivity contribution in [3.63, 3.8) is 0 Å². The van der Waals surface area contributed by atoms with Gasteiger partial charge < -0.3 is 14.4 Å². The molecule has 0 spiro atoms. The van der Waals surface area contributed by atoms with Crippen molar-refractivity contribution in [2.24, 2.45) is 0 Å². The van der Waals surface area contributed by atoms with E-state index < -0.39 is 15.6 Å². The molecule has 0 bridgehead atoms. The van der Waals surface area contributed by atoms with Crippen LogP contribution in [0, 0.1) is 0 Å². The van der Waals surface area contributed by atoms with E-state index in [4.69, 9.17) is 21.1 Å². The summed E-state index contributed by atoms with van der Waals surface area (Å²) in [4.78, 5) is 14.8. The summed E-state index contributed by atoms with van der Waals surface area (Å²) in [6.45, 7) is 9.35. The second-order valence-corrected chi connectivity index (χ2v) is 10.4. The first-order valence-electron chi connectivity index (χ1n) is 9.37. The average Bonchev–Trinajstić information content (AvgIpc) is 2.60. The van der Waals surface area contributed by atoms with E-state index in [9.17, 15) is 13.2 Å². The topological polar surface area (TPSA) is 76.2 Å². The van der Waals surface area contributed by atoms with Crippen molar-refractivity contribution in [1.29, 1.82) is 0 Å². The Morgan fingerprint density at radius 2 is 1.86 bits per heavy atom. The molecule has 9 heteroatoms. The molecule has 0 aliphatic carbocycles. The van der Waals surface area contributed by atoms with Crippen LogP contribution < -0.4 is 0 Å². The summed E-state index contributed by atoms with van der Waals surface area (Å²) in [5.41, 5.74) is -0.171. The Labute approximate surface area is 171 Å². The zero-order chi connectivity index (χ0) is 20.7. The van der Waals surface area contributed by atoms with Crippen molar-refractivity contribution < 1.29 is 22.7 Å². The monoisotopic (exact) mass is 430 g/mol. The van der Waals surface area contributed by atoms with Crippen LogP contribution in [0.15, 0.2) is 23.1 Å². The average molecular weight is 431 g/mol. The molecular weight excluding hydrogens is 404 g/mol. The van der Waals surface area contributed by atoms with Gasteiger partial charge in [-0.15, -0.1) is 0 Å². The Morgan fingerprint density at radius 3 is 2.46 bits per heavy atom. The molecule has 7 nitrogen and oxygen atoms in total. The quantitative estimate of drug-likeness (QED) is 0.735. The molecule has 0 N–H and O–H groups in total. The molecule has 1 aromatic carbocycles.